The number of carbonyl (C=O) groups is 1. The smallest absolute Gasteiger partial charge is 0.303 e. The Morgan fingerprint density at radius 1 is 1.27 bits per heavy atom. The summed E-state index contributed by atoms with van der Waals surface area (Å²) in [6.07, 6.45) is 2.90. The van der Waals surface area contributed by atoms with E-state index in [4.69, 9.17) is 5.11 Å². The number of rotatable bonds is 4. The summed E-state index contributed by atoms with van der Waals surface area (Å²) in [4.78, 5) is 10.4. The molecule has 0 heterocycles. The Bertz CT molecular complexity index is 357. The van der Waals surface area contributed by atoms with E-state index >= 15 is 0 Å². The van der Waals surface area contributed by atoms with Crippen LogP contribution in [-0.4, -0.2) is 11.1 Å². The number of aryl methyl sites for hydroxylation is 1. The van der Waals surface area contributed by atoms with Gasteiger partial charge >= 0.3 is 5.97 Å². The van der Waals surface area contributed by atoms with Gasteiger partial charge in [-0.25, -0.2) is 0 Å². The molecule has 0 aromatic heterocycles. The molecule has 0 aliphatic carbocycles. The molecule has 0 aliphatic rings. The summed E-state index contributed by atoms with van der Waals surface area (Å²) in [5.41, 5.74) is 3.49. The van der Waals surface area contributed by atoms with Crippen LogP contribution < -0.4 is 0 Å². The van der Waals surface area contributed by atoms with Crippen LogP contribution in [0.2, 0.25) is 0 Å². The summed E-state index contributed by atoms with van der Waals surface area (Å²) >= 11 is 0. The summed E-state index contributed by atoms with van der Waals surface area (Å²) in [6, 6.07) is 8.00. The third-order valence-electron chi connectivity index (χ3n) is 2.06. The van der Waals surface area contributed by atoms with Crippen molar-refractivity contribution in [2.24, 2.45) is 0 Å². The van der Waals surface area contributed by atoms with Gasteiger partial charge in [-0.1, -0.05) is 35.9 Å². The van der Waals surface area contributed by atoms with Crippen LogP contribution in [0, 0.1) is 0 Å². The average Bonchev–Trinajstić information content (AvgIpc) is 2.16. The van der Waals surface area contributed by atoms with E-state index in [1.165, 1.54) is 5.57 Å². The predicted molar refractivity (Wildman–Crippen MR) is 61.7 cm³/mol. The van der Waals surface area contributed by atoms with Gasteiger partial charge in [0.2, 0.25) is 0 Å². The Balaban J connectivity index is 2.64. The Kier molecular flexibility index (Phi) is 4.10. The Labute approximate surface area is 90.3 Å². The van der Waals surface area contributed by atoms with Crippen molar-refractivity contribution in [1.29, 1.82) is 0 Å². The predicted octanol–water partition coefficient (Wildman–Crippen LogP) is 3.13. The second-order valence-corrected chi connectivity index (χ2v) is 3.86. The van der Waals surface area contributed by atoms with Gasteiger partial charge in [0.15, 0.2) is 0 Å². The molecule has 1 N–H and O–H groups in total. The first kappa shape index (κ1) is 11.5. The Hall–Kier alpha value is -1.57. The fraction of sp³-hybridized carbons (Fsp3) is 0.308. The van der Waals surface area contributed by atoms with Gasteiger partial charge in [0.1, 0.15) is 0 Å². The molecule has 15 heavy (non-hydrogen) atoms. The summed E-state index contributed by atoms with van der Waals surface area (Å²) in [5.74, 6) is -0.747. The van der Waals surface area contributed by atoms with Crippen molar-refractivity contribution in [3.05, 3.63) is 41.0 Å². The molecule has 0 aliphatic heterocycles. The summed E-state index contributed by atoms with van der Waals surface area (Å²) < 4.78 is 0. The highest BCUT2D eigenvalue weighted by Crippen LogP contribution is 2.10. The third-order valence-corrected chi connectivity index (χ3v) is 2.06. The largest absolute Gasteiger partial charge is 0.481 e. The second kappa shape index (κ2) is 5.35. The first-order valence-electron chi connectivity index (χ1n) is 5.03. The molecule has 0 fully saturated rings. The van der Waals surface area contributed by atoms with Crippen molar-refractivity contribution < 1.29 is 9.90 Å². The van der Waals surface area contributed by atoms with Crippen molar-refractivity contribution in [3.63, 3.8) is 0 Å². The lowest BCUT2D eigenvalue weighted by Crippen LogP contribution is -1.97. The average molecular weight is 204 g/mol. The van der Waals surface area contributed by atoms with Crippen LogP contribution in [-0.2, 0) is 11.2 Å². The molecular weight excluding hydrogens is 188 g/mol. The number of allylic oxidation sites excluding steroid dienone is 1. The topological polar surface area (TPSA) is 37.3 Å². The van der Waals surface area contributed by atoms with E-state index in [1.54, 1.807) is 0 Å². The first-order chi connectivity index (χ1) is 7.08. The van der Waals surface area contributed by atoms with Crippen molar-refractivity contribution in [2.75, 3.05) is 0 Å². The fourth-order valence-corrected chi connectivity index (χ4v) is 1.37. The normalized spacial score (nSPS) is 9.73. The van der Waals surface area contributed by atoms with Gasteiger partial charge in [0.25, 0.3) is 0 Å². The molecule has 2 heteroatoms. The zero-order valence-electron chi connectivity index (χ0n) is 9.16. The van der Waals surface area contributed by atoms with Gasteiger partial charge in [-0.2, -0.15) is 0 Å². The fourth-order valence-electron chi connectivity index (χ4n) is 1.37. The van der Waals surface area contributed by atoms with Crippen molar-refractivity contribution in [3.8, 4) is 0 Å². The lowest BCUT2D eigenvalue weighted by atomic mass is 10.1. The maximum atomic E-state index is 10.4. The van der Waals surface area contributed by atoms with Crippen LogP contribution >= 0.6 is 0 Å². The molecule has 0 bridgehead atoms. The van der Waals surface area contributed by atoms with E-state index < -0.39 is 5.97 Å². The second-order valence-electron chi connectivity index (χ2n) is 3.86. The summed E-state index contributed by atoms with van der Waals surface area (Å²) in [6.45, 7) is 4.11. The molecular formula is C13H16O2. The van der Waals surface area contributed by atoms with E-state index in [1.807, 2.05) is 24.3 Å². The number of carboxylic acids is 1. The van der Waals surface area contributed by atoms with Gasteiger partial charge < -0.3 is 5.11 Å². The molecule has 0 amide bonds. The minimum absolute atomic E-state index is 0.196. The van der Waals surface area contributed by atoms with Crippen molar-refractivity contribution in [1.82, 2.24) is 0 Å². The summed E-state index contributed by atoms with van der Waals surface area (Å²) in [5, 5.41) is 8.54. The molecule has 0 saturated carbocycles. The highest BCUT2D eigenvalue weighted by molar-refractivity contribution is 5.67. The molecule has 0 radical (unpaired) electrons. The lowest BCUT2D eigenvalue weighted by molar-refractivity contribution is -0.136. The molecule has 0 spiro atoms. The Morgan fingerprint density at radius 3 is 2.33 bits per heavy atom. The molecule has 0 atom stereocenters. The summed E-state index contributed by atoms with van der Waals surface area (Å²) in [7, 11) is 0. The zero-order valence-corrected chi connectivity index (χ0v) is 9.16. The van der Waals surface area contributed by atoms with Gasteiger partial charge in [0.05, 0.1) is 0 Å². The van der Waals surface area contributed by atoms with E-state index in [9.17, 15) is 4.79 Å². The number of hydrogen-bond donors (Lipinski definition) is 1. The van der Waals surface area contributed by atoms with E-state index in [-0.39, 0.29) is 6.42 Å². The van der Waals surface area contributed by atoms with Crippen LogP contribution in [0.5, 0.6) is 0 Å². The molecule has 0 unspecified atom stereocenters. The highest BCUT2D eigenvalue weighted by atomic mass is 16.4. The van der Waals surface area contributed by atoms with Crippen LogP contribution in [0.25, 0.3) is 6.08 Å². The van der Waals surface area contributed by atoms with Crippen LogP contribution in [0.15, 0.2) is 29.8 Å². The number of aliphatic carboxylic acids is 1. The maximum Gasteiger partial charge on any atom is 0.303 e. The minimum Gasteiger partial charge on any atom is -0.481 e. The molecule has 1 rings (SSSR count). The van der Waals surface area contributed by atoms with Crippen molar-refractivity contribution in [2.45, 2.75) is 26.7 Å². The molecule has 80 valence electrons. The number of carboxylic acid groups (broad SMARTS) is 1. The van der Waals surface area contributed by atoms with Crippen molar-refractivity contribution >= 4 is 12.0 Å². The van der Waals surface area contributed by atoms with Gasteiger partial charge in [0, 0.05) is 6.42 Å². The Morgan fingerprint density at radius 2 is 1.87 bits per heavy atom. The zero-order chi connectivity index (χ0) is 11.3. The van der Waals surface area contributed by atoms with E-state index in [0.29, 0.717) is 6.42 Å². The monoisotopic (exact) mass is 204 g/mol. The molecule has 1 aromatic rings. The SMILES string of the molecule is CC(C)=Cc1ccc(CCC(=O)O)cc1. The maximum absolute atomic E-state index is 10.4. The van der Waals surface area contributed by atoms with Crippen LogP contribution in [0.4, 0.5) is 0 Å². The van der Waals surface area contributed by atoms with Crippen LogP contribution in [0.1, 0.15) is 31.4 Å². The van der Waals surface area contributed by atoms with E-state index in [0.717, 1.165) is 11.1 Å². The number of hydrogen-bond acceptors (Lipinski definition) is 1. The minimum atomic E-state index is -0.747. The van der Waals surface area contributed by atoms with E-state index in [2.05, 4.69) is 19.9 Å². The molecule has 0 saturated heterocycles. The molecule has 2 nitrogen and oxygen atoms in total. The number of benzene rings is 1. The quantitative estimate of drug-likeness (QED) is 0.818. The van der Waals surface area contributed by atoms with Gasteiger partial charge in [-0.15, -0.1) is 0 Å². The lowest BCUT2D eigenvalue weighted by Gasteiger charge is -2.00. The van der Waals surface area contributed by atoms with Gasteiger partial charge in [-0.05, 0) is 31.4 Å². The van der Waals surface area contributed by atoms with Gasteiger partial charge in [-0.3, -0.25) is 4.79 Å². The first-order valence-corrected chi connectivity index (χ1v) is 5.03. The third kappa shape index (κ3) is 4.45. The highest BCUT2D eigenvalue weighted by Gasteiger charge is 1.98. The standard InChI is InChI=1S/C13H16O2/c1-10(2)9-12-5-3-11(4-6-12)7-8-13(14)15/h3-6,9H,7-8H2,1-2H3,(H,14,15). The van der Waals surface area contributed by atoms with Crippen LogP contribution in [0.3, 0.4) is 0 Å². The molecule has 1 aromatic carbocycles.